The topological polar surface area (TPSA) is 51.1 Å². The highest BCUT2D eigenvalue weighted by molar-refractivity contribution is 9.10. The van der Waals surface area contributed by atoms with E-state index >= 15 is 0 Å². The second-order valence-electron chi connectivity index (χ2n) is 4.22. The lowest BCUT2D eigenvalue weighted by molar-refractivity contribution is -0.121. The molecule has 0 fully saturated rings. The van der Waals surface area contributed by atoms with E-state index in [0.29, 0.717) is 6.54 Å². The summed E-state index contributed by atoms with van der Waals surface area (Å²) in [7, 11) is 0. The van der Waals surface area contributed by atoms with E-state index in [-0.39, 0.29) is 18.0 Å². The second kappa shape index (κ2) is 8.08. The van der Waals surface area contributed by atoms with Crippen LogP contribution >= 0.6 is 15.9 Å². The molecular formula is C13H19BrN2O2. The highest BCUT2D eigenvalue weighted by Crippen LogP contribution is 2.04. The summed E-state index contributed by atoms with van der Waals surface area (Å²) < 4.78 is 2.18. The van der Waals surface area contributed by atoms with Gasteiger partial charge in [-0.25, -0.2) is 0 Å². The number of nitrogens with one attached hydrogen (secondary N) is 1. The summed E-state index contributed by atoms with van der Waals surface area (Å²) in [6, 6.07) is 3.11. The van der Waals surface area contributed by atoms with Gasteiger partial charge in [0.05, 0.1) is 0 Å². The first-order chi connectivity index (χ1) is 8.63. The van der Waals surface area contributed by atoms with Crippen LogP contribution in [0.1, 0.15) is 32.6 Å². The molecule has 0 aliphatic carbocycles. The van der Waals surface area contributed by atoms with Crippen LogP contribution in [-0.2, 0) is 11.3 Å². The van der Waals surface area contributed by atoms with Crippen molar-refractivity contribution in [3.63, 3.8) is 0 Å². The van der Waals surface area contributed by atoms with Crippen molar-refractivity contribution in [3.05, 3.63) is 33.2 Å². The Hall–Kier alpha value is -1.10. The first kappa shape index (κ1) is 15.0. The zero-order valence-electron chi connectivity index (χ0n) is 10.6. The number of amides is 1. The van der Waals surface area contributed by atoms with Crippen LogP contribution < -0.4 is 10.9 Å². The quantitative estimate of drug-likeness (QED) is 0.785. The minimum absolute atomic E-state index is 0.0754. The Morgan fingerprint density at radius 2 is 2.11 bits per heavy atom. The number of nitrogens with zero attached hydrogens (tertiary/aromatic N) is 1. The highest BCUT2D eigenvalue weighted by Gasteiger charge is 2.04. The number of carbonyl (C=O) groups excluding carboxylic acids is 1. The second-order valence-corrected chi connectivity index (χ2v) is 5.14. The molecule has 0 atom stereocenters. The molecule has 5 heteroatoms. The van der Waals surface area contributed by atoms with E-state index in [0.717, 1.165) is 17.3 Å². The van der Waals surface area contributed by atoms with Crippen LogP contribution in [0, 0.1) is 0 Å². The van der Waals surface area contributed by atoms with Crippen LogP contribution in [0.3, 0.4) is 0 Å². The third kappa shape index (κ3) is 5.49. The zero-order valence-corrected chi connectivity index (χ0v) is 12.2. The lowest BCUT2D eigenvalue weighted by Crippen LogP contribution is -2.32. The Balaban J connectivity index is 2.35. The van der Waals surface area contributed by atoms with Crippen LogP contribution in [0.5, 0.6) is 0 Å². The SMILES string of the molecule is CCCCCCNC(=O)Cn1cc(Br)ccc1=O. The largest absolute Gasteiger partial charge is 0.355 e. The van der Waals surface area contributed by atoms with Crippen molar-refractivity contribution in [1.29, 1.82) is 0 Å². The fraction of sp³-hybridized carbons (Fsp3) is 0.538. The minimum Gasteiger partial charge on any atom is -0.355 e. The molecule has 1 rings (SSSR count). The van der Waals surface area contributed by atoms with Crippen molar-refractivity contribution >= 4 is 21.8 Å². The molecule has 0 unspecified atom stereocenters. The van der Waals surface area contributed by atoms with Gasteiger partial charge in [-0.1, -0.05) is 26.2 Å². The minimum atomic E-state index is -0.167. The maximum Gasteiger partial charge on any atom is 0.251 e. The molecule has 1 N–H and O–H groups in total. The fourth-order valence-electron chi connectivity index (χ4n) is 1.62. The molecule has 1 heterocycles. The third-order valence-electron chi connectivity index (χ3n) is 2.61. The molecule has 1 aromatic heterocycles. The predicted molar refractivity (Wildman–Crippen MR) is 75.6 cm³/mol. The van der Waals surface area contributed by atoms with Crippen molar-refractivity contribution in [2.24, 2.45) is 0 Å². The van der Waals surface area contributed by atoms with Crippen molar-refractivity contribution in [3.8, 4) is 0 Å². The normalized spacial score (nSPS) is 10.3. The molecule has 0 saturated heterocycles. The van der Waals surface area contributed by atoms with Gasteiger partial charge in [0.15, 0.2) is 0 Å². The number of unbranched alkanes of at least 4 members (excludes halogenated alkanes) is 3. The fourth-order valence-corrected chi connectivity index (χ4v) is 2.00. The number of aromatic nitrogens is 1. The Bertz CT molecular complexity index is 443. The molecule has 100 valence electrons. The summed E-state index contributed by atoms with van der Waals surface area (Å²) in [4.78, 5) is 23.1. The van der Waals surface area contributed by atoms with E-state index in [1.54, 1.807) is 12.3 Å². The molecule has 1 aromatic rings. The molecule has 0 aliphatic rings. The van der Waals surface area contributed by atoms with Crippen LogP contribution in [0.2, 0.25) is 0 Å². The molecule has 0 bridgehead atoms. The van der Waals surface area contributed by atoms with Gasteiger partial charge < -0.3 is 9.88 Å². The standard InChI is InChI=1S/C13H19BrN2O2/c1-2-3-4-5-8-15-12(17)10-16-9-11(14)6-7-13(16)18/h6-7,9H,2-5,8,10H2,1H3,(H,15,17). The number of rotatable bonds is 7. The van der Waals surface area contributed by atoms with Crippen molar-refractivity contribution in [2.75, 3.05) is 6.54 Å². The average molecular weight is 315 g/mol. The van der Waals surface area contributed by atoms with E-state index in [1.807, 2.05) is 0 Å². The number of pyridine rings is 1. The molecular weight excluding hydrogens is 296 g/mol. The summed E-state index contributed by atoms with van der Waals surface area (Å²) in [6.45, 7) is 2.91. The molecule has 1 amide bonds. The molecule has 0 spiro atoms. The summed E-state index contributed by atoms with van der Waals surface area (Å²) in [5.41, 5.74) is -0.167. The Morgan fingerprint density at radius 1 is 1.33 bits per heavy atom. The van der Waals surface area contributed by atoms with Crippen LogP contribution in [-0.4, -0.2) is 17.0 Å². The monoisotopic (exact) mass is 314 g/mol. The molecule has 0 radical (unpaired) electrons. The van der Waals surface area contributed by atoms with Gasteiger partial charge in [0.1, 0.15) is 6.54 Å². The maximum atomic E-state index is 11.6. The predicted octanol–water partition coefficient (Wildman–Crippen LogP) is 2.31. The first-order valence-corrected chi connectivity index (χ1v) is 7.05. The smallest absolute Gasteiger partial charge is 0.251 e. The van der Waals surface area contributed by atoms with Crippen LogP contribution in [0.4, 0.5) is 0 Å². The van der Waals surface area contributed by atoms with E-state index in [9.17, 15) is 9.59 Å². The van der Waals surface area contributed by atoms with Crippen molar-refractivity contribution in [1.82, 2.24) is 9.88 Å². The highest BCUT2D eigenvalue weighted by atomic mass is 79.9. The lowest BCUT2D eigenvalue weighted by Gasteiger charge is -2.07. The zero-order chi connectivity index (χ0) is 13.4. The number of hydrogen-bond acceptors (Lipinski definition) is 2. The third-order valence-corrected chi connectivity index (χ3v) is 3.08. The maximum absolute atomic E-state index is 11.6. The van der Waals surface area contributed by atoms with Crippen LogP contribution in [0.15, 0.2) is 27.6 Å². The van der Waals surface area contributed by atoms with Gasteiger partial charge >= 0.3 is 0 Å². The van der Waals surface area contributed by atoms with Crippen molar-refractivity contribution < 1.29 is 4.79 Å². The first-order valence-electron chi connectivity index (χ1n) is 6.26. The van der Waals surface area contributed by atoms with E-state index in [2.05, 4.69) is 28.2 Å². The van der Waals surface area contributed by atoms with Gasteiger partial charge in [0.2, 0.25) is 5.91 Å². The molecule has 18 heavy (non-hydrogen) atoms. The van der Waals surface area contributed by atoms with Gasteiger partial charge in [-0.3, -0.25) is 9.59 Å². The lowest BCUT2D eigenvalue weighted by atomic mass is 10.2. The summed E-state index contributed by atoms with van der Waals surface area (Å²) in [6.07, 6.45) is 6.13. The number of hydrogen-bond donors (Lipinski definition) is 1. The van der Waals surface area contributed by atoms with E-state index in [1.165, 1.54) is 23.5 Å². The summed E-state index contributed by atoms with van der Waals surface area (Å²) >= 11 is 3.28. The van der Waals surface area contributed by atoms with Gasteiger partial charge in [0.25, 0.3) is 5.56 Å². The Kier molecular flexibility index (Phi) is 6.72. The Labute approximate surface area is 116 Å². The van der Waals surface area contributed by atoms with E-state index in [4.69, 9.17) is 0 Å². The number of carbonyl (C=O) groups is 1. The van der Waals surface area contributed by atoms with Crippen LogP contribution in [0.25, 0.3) is 0 Å². The summed E-state index contributed by atoms with van der Waals surface area (Å²) in [5, 5.41) is 2.82. The van der Waals surface area contributed by atoms with Gasteiger partial charge in [-0.2, -0.15) is 0 Å². The molecule has 0 saturated carbocycles. The number of halogens is 1. The Morgan fingerprint density at radius 3 is 2.83 bits per heavy atom. The summed E-state index contributed by atoms with van der Waals surface area (Å²) in [5.74, 6) is -0.119. The molecule has 0 aliphatic heterocycles. The average Bonchev–Trinajstić information content (AvgIpc) is 2.33. The van der Waals surface area contributed by atoms with Gasteiger partial charge in [-0.05, 0) is 28.4 Å². The van der Waals surface area contributed by atoms with Gasteiger partial charge in [-0.15, -0.1) is 0 Å². The van der Waals surface area contributed by atoms with Crippen molar-refractivity contribution in [2.45, 2.75) is 39.2 Å². The van der Waals surface area contributed by atoms with Gasteiger partial charge in [0, 0.05) is 23.3 Å². The molecule has 4 nitrogen and oxygen atoms in total. The van der Waals surface area contributed by atoms with E-state index < -0.39 is 0 Å². The molecule has 0 aromatic carbocycles.